The van der Waals surface area contributed by atoms with E-state index in [1.807, 2.05) is 0 Å². The van der Waals surface area contributed by atoms with Crippen molar-refractivity contribution in [3.05, 3.63) is 29.3 Å². The molecule has 0 aromatic heterocycles. The predicted octanol–water partition coefficient (Wildman–Crippen LogP) is 1.67. The van der Waals surface area contributed by atoms with E-state index in [9.17, 15) is 14.7 Å². The lowest BCUT2D eigenvalue weighted by atomic mass is 10.1. The van der Waals surface area contributed by atoms with Crippen LogP contribution in [0.4, 0.5) is 0 Å². The third-order valence-electron chi connectivity index (χ3n) is 2.26. The Kier molecular flexibility index (Phi) is 5.17. The summed E-state index contributed by atoms with van der Waals surface area (Å²) in [6, 6.07) is 4.59. The van der Waals surface area contributed by atoms with E-state index in [1.165, 1.54) is 6.07 Å². The maximum atomic E-state index is 11.5. The summed E-state index contributed by atoms with van der Waals surface area (Å²) in [6.45, 7) is 3.88. The number of carbonyl (C=O) groups excluding carboxylic acids is 2. The fourth-order valence-corrected chi connectivity index (χ4v) is 1.48. The lowest BCUT2D eigenvalue weighted by Crippen LogP contribution is -2.10. The van der Waals surface area contributed by atoms with Gasteiger partial charge in [-0.3, -0.25) is 4.79 Å². The largest absolute Gasteiger partial charge is 0.507 e. The molecule has 5 nitrogen and oxygen atoms in total. The molecule has 1 rings (SSSR count). The molecule has 0 saturated heterocycles. The SMILES string of the molecule is CCOC(=O)Cc1cccc(C(=O)OCC)c1O. The van der Waals surface area contributed by atoms with E-state index >= 15 is 0 Å². The molecule has 0 aliphatic heterocycles. The van der Waals surface area contributed by atoms with E-state index in [-0.39, 0.29) is 30.9 Å². The number of rotatable bonds is 5. The zero-order valence-electron chi connectivity index (χ0n) is 10.4. The van der Waals surface area contributed by atoms with Crippen LogP contribution >= 0.6 is 0 Å². The van der Waals surface area contributed by atoms with Crippen molar-refractivity contribution in [2.24, 2.45) is 0 Å². The standard InChI is InChI=1S/C13H16O5/c1-3-17-11(14)8-9-6-5-7-10(12(9)15)13(16)18-4-2/h5-7,15H,3-4,8H2,1-2H3. The topological polar surface area (TPSA) is 72.8 Å². The molecule has 0 amide bonds. The van der Waals surface area contributed by atoms with Crippen molar-refractivity contribution in [1.82, 2.24) is 0 Å². The van der Waals surface area contributed by atoms with Crippen LogP contribution in [0, 0.1) is 0 Å². The number of hydrogen-bond donors (Lipinski definition) is 1. The molecule has 0 unspecified atom stereocenters. The number of phenols is 1. The summed E-state index contributed by atoms with van der Waals surface area (Å²) >= 11 is 0. The molecule has 0 radical (unpaired) electrons. The van der Waals surface area contributed by atoms with Crippen molar-refractivity contribution in [3.8, 4) is 5.75 Å². The summed E-state index contributed by atoms with van der Waals surface area (Å²) in [7, 11) is 0. The van der Waals surface area contributed by atoms with Crippen LogP contribution in [0.1, 0.15) is 29.8 Å². The highest BCUT2D eigenvalue weighted by atomic mass is 16.5. The number of hydrogen-bond acceptors (Lipinski definition) is 5. The second-order valence-electron chi connectivity index (χ2n) is 3.52. The molecule has 1 aromatic carbocycles. The van der Waals surface area contributed by atoms with E-state index < -0.39 is 11.9 Å². The average Bonchev–Trinajstić information content (AvgIpc) is 2.32. The van der Waals surface area contributed by atoms with Gasteiger partial charge in [0.1, 0.15) is 11.3 Å². The first-order chi connectivity index (χ1) is 8.60. The highest BCUT2D eigenvalue weighted by Crippen LogP contribution is 2.24. The Hall–Kier alpha value is -2.04. The Labute approximate surface area is 105 Å². The minimum absolute atomic E-state index is 0.0543. The third-order valence-corrected chi connectivity index (χ3v) is 2.26. The third kappa shape index (κ3) is 3.48. The lowest BCUT2D eigenvalue weighted by Gasteiger charge is -2.08. The van der Waals surface area contributed by atoms with Crippen LogP contribution in [0.3, 0.4) is 0 Å². The van der Waals surface area contributed by atoms with Crippen LogP contribution in [-0.2, 0) is 20.7 Å². The van der Waals surface area contributed by atoms with Crippen molar-refractivity contribution in [1.29, 1.82) is 0 Å². The Morgan fingerprint density at radius 1 is 1.17 bits per heavy atom. The fourth-order valence-electron chi connectivity index (χ4n) is 1.48. The number of aromatic hydroxyl groups is 1. The number of carbonyl (C=O) groups is 2. The Balaban J connectivity index is 2.91. The zero-order valence-corrected chi connectivity index (χ0v) is 10.4. The zero-order chi connectivity index (χ0) is 13.5. The highest BCUT2D eigenvalue weighted by molar-refractivity contribution is 5.93. The van der Waals surface area contributed by atoms with Crippen LogP contribution in [0.15, 0.2) is 18.2 Å². The van der Waals surface area contributed by atoms with Crippen molar-refractivity contribution in [2.45, 2.75) is 20.3 Å². The van der Waals surface area contributed by atoms with Gasteiger partial charge in [0.25, 0.3) is 0 Å². The lowest BCUT2D eigenvalue weighted by molar-refractivity contribution is -0.142. The maximum Gasteiger partial charge on any atom is 0.341 e. The summed E-state index contributed by atoms with van der Waals surface area (Å²) in [6.07, 6.45) is -0.0765. The van der Waals surface area contributed by atoms with Crippen LogP contribution in [0.5, 0.6) is 5.75 Å². The van der Waals surface area contributed by atoms with Gasteiger partial charge >= 0.3 is 11.9 Å². The number of benzene rings is 1. The molecule has 1 aromatic rings. The second-order valence-corrected chi connectivity index (χ2v) is 3.52. The van der Waals surface area contributed by atoms with Crippen LogP contribution in [-0.4, -0.2) is 30.3 Å². The summed E-state index contributed by atoms with van der Waals surface area (Å²) in [5.74, 6) is -1.29. The predicted molar refractivity (Wildman–Crippen MR) is 64.4 cm³/mol. The molecule has 0 fully saturated rings. The van der Waals surface area contributed by atoms with Crippen molar-refractivity contribution in [2.75, 3.05) is 13.2 Å². The summed E-state index contributed by atoms with van der Waals surface area (Å²) in [5, 5.41) is 9.89. The minimum Gasteiger partial charge on any atom is -0.507 e. The Morgan fingerprint density at radius 2 is 1.83 bits per heavy atom. The van der Waals surface area contributed by atoms with Gasteiger partial charge in [-0.15, -0.1) is 0 Å². The first kappa shape index (κ1) is 14.0. The maximum absolute atomic E-state index is 11.5. The average molecular weight is 252 g/mol. The summed E-state index contributed by atoms with van der Waals surface area (Å²) in [5.41, 5.74) is 0.401. The second kappa shape index (κ2) is 6.64. The van der Waals surface area contributed by atoms with Crippen LogP contribution < -0.4 is 0 Å². The quantitative estimate of drug-likeness (QED) is 0.807. The van der Waals surface area contributed by atoms with Crippen molar-refractivity contribution < 1.29 is 24.2 Å². The van der Waals surface area contributed by atoms with Crippen molar-refractivity contribution in [3.63, 3.8) is 0 Å². The van der Waals surface area contributed by atoms with Gasteiger partial charge in [0.15, 0.2) is 0 Å². The summed E-state index contributed by atoms with van der Waals surface area (Å²) in [4.78, 5) is 22.9. The Morgan fingerprint density at radius 3 is 2.44 bits per heavy atom. The van der Waals surface area contributed by atoms with Crippen LogP contribution in [0.25, 0.3) is 0 Å². The van der Waals surface area contributed by atoms with Gasteiger partial charge in [-0.2, -0.15) is 0 Å². The molecule has 98 valence electrons. The van der Waals surface area contributed by atoms with E-state index in [2.05, 4.69) is 0 Å². The number of phenolic OH excluding ortho intramolecular Hbond substituents is 1. The minimum atomic E-state index is -0.610. The van der Waals surface area contributed by atoms with Crippen LogP contribution in [0.2, 0.25) is 0 Å². The monoisotopic (exact) mass is 252 g/mol. The number of para-hydroxylation sites is 1. The van der Waals surface area contributed by atoms with Gasteiger partial charge < -0.3 is 14.6 Å². The smallest absolute Gasteiger partial charge is 0.341 e. The molecule has 0 heterocycles. The first-order valence-corrected chi connectivity index (χ1v) is 5.73. The van der Waals surface area contributed by atoms with E-state index in [0.29, 0.717) is 5.56 Å². The molecule has 0 aliphatic carbocycles. The Bertz CT molecular complexity index is 439. The van der Waals surface area contributed by atoms with E-state index in [1.54, 1.807) is 26.0 Å². The summed E-state index contributed by atoms with van der Waals surface area (Å²) < 4.78 is 9.58. The van der Waals surface area contributed by atoms with E-state index in [4.69, 9.17) is 9.47 Å². The molecule has 0 bridgehead atoms. The number of esters is 2. The normalized spacial score (nSPS) is 9.89. The van der Waals surface area contributed by atoms with Gasteiger partial charge in [-0.05, 0) is 19.9 Å². The molecule has 1 N–H and O–H groups in total. The molecule has 5 heteroatoms. The molecule has 18 heavy (non-hydrogen) atoms. The molecular formula is C13H16O5. The number of ether oxygens (including phenoxy) is 2. The van der Waals surface area contributed by atoms with Gasteiger partial charge in [-0.1, -0.05) is 12.1 Å². The fraction of sp³-hybridized carbons (Fsp3) is 0.385. The van der Waals surface area contributed by atoms with Gasteiger partial charge in [-0.25, -0.2) is 4.79 Å². The van der Waals surface area contributed by atoms with Gasteiger partial charge in [0.2, 0.25) is 0 Å². The highest BCUT2D eigenvalue weighted by Gasteiger charge is 2.17. The van der Waals surface area contributed by atoms with E-state index in [0.717, 1.165) is 0 Å². The van der Waals surface area contributed by atoms with Gasteiger partial charge in [0, 0.05) is 5.56 Å². The molecule has 0 atom stereocenters. The first-order valence-electron chi connectivity index (χ1n) is 5.73. The molecule has 0 spiro atoms. The molecule has 0 aliphatic rings. The van der Waals surface area contributed by atoms with Gasteiger partial charge in [0.05, 0.1) is 19.6 Å². The van der Waals surface area contributed by atoms with Crippen molar-refractivity contribution >= 4 is 11.9 Å². The molecule has 0 saturated carbocycles. The molecular weight excluding hydrogens is 236 g/mol.